The fourth-order valence-corrected chi connectivity index (χ4v) is 2.23. The SMILES string of the molecule is NS(=O)(=O)c1ccc(NCCc2ccncc2)c(F)c1. The van der Waals surface area contributed by atoms with Crippen LogP contribution in [0, 0.1) is 5.82 Å². The van der Waals surface area contributed by atoms with Crippen LogP contribution in [0.4, 0.5) is 10.1 Å². The summed E-state index contributed by atoms with van der Waals surface area (Å²) in [5.41, 5.74) is 1.32. The molecular weight excluding hydrogens is 281 g/mol. The molecular formula is C13H14FN3O2S. The number of hydrogen-bond acceptors (Lipinski definition) is 4. The van der Waals surface area contributed by atoms with Crippen LogP contribution in [0.2, 0.25) is 0 Å². The summed E-state index contributed by atoms with van der Waals surface area (Å²) in [6, 6.07) is 7.29. The van der Waals surface area contributed by atoms with Gasteiger partial charge >= 0.3 is 0 Å². The highest BCUT2D eigenvalue weighted by molar-refractivity contribution is 7.89. The molecule has 3 N–H and O–H groups in total. The van der Waals surface area contributed by atoms with Crippen LogP contribution in [-0.4, -0.2) is 19.9 Å². The third kappa shape index (κ3) is 3.75. The van der Waals surface area contributed by atoms with Gasteiger partial charge in [0.15, 0.2) is 0 Å². The molecule has 0 fully saturated rings. The molecule has 20 heavy (non-hydrogen) atoms. The lowest BCUT2D eigenvalue weighted by molar-refractivity contribution is 0.593. The lowest BCUT2D eigenvalue weighted by Crippen LogP contribution is -2.13. The molecule has 1 aromatic heterocycles. The summed E-state index contributed by atoms with van der Waals surface area (Å²) in [5.74, 6) is -0.647. The van der Waals surface area contributed by atoms with Gasteiger partial charge in [0.05, 0.1) is 10.6 Å². The van der Waals surface area contributed by atoms with Gasteiger partial charge in [0.25, 0.3) is 0 Å². The minimum Gasteiger partial charge on any atom is -0.382 e. The van der Waals surface area contributed by atoms with Gasteiger partial charge in [-0.25, -0.2) is 17.9 Å². The Kier molecular flexibility index (Phi) is 4.31. The first-order chi connectivity index (χ1) is 9.47. The van der Waals surface area contributed by atoms with Gasteiger partial charge in [0.1, 0.15) is 5.82 Å². The highest BCUT2D eigenvalue weighted by Crippen LogP contribution is 2.18. The van der Waals surface area contributed by atoms with Crippen LogP contribution in [0.1, 0.15) is 5.56 Å². The van der Waals surface area contributed by atoms with Crippen LogP contribution >= 0.6 is 0 Å². The molecule has 0 bridgehead atoms. The molecule has 1 heterocycles. The zero-order valence-corrected chi connectivity index (χ0v) is 11.4. The van der Waals surface area contributed by atoms with Gasteiger partial charge in [-0.2, -0.15) is 0 Å². The van der Waals surface area contributed by atoms with E-state index in [1.807, 2.05) is 12.1 Å². The molecule has 2 rings (SSSR count). The van der Waals surface area contributed by atoms with Gasteiger partial charge in [-0.05, 0) is 42.3 Å². The normalized spacial score (nSPS) is 11.3. The average Bonchev–Trinajstić information content (AvgIpc) is 2.40. The second kappa shape index (κ2) is 5.98. The van der Waals surface area contributed by atoms with E-state index in [1.165, 1.54) is 12.1 Å². The summed E-state index contributed by atoms with van der Waals surface area (Å²) < 4.78 is 35.9. The van der Waals surface area contributed by atoms with Crippen LogP contribution in [0.3, 0.4) is 0 Å². The van der Waals surface area contributed by atoms with Crippen molar-refractivity contribution in [3.05, 3.63) is 54.1 Å². The Morgan fingerprint density at radius 1 is 1.20 bits per heavy atom. The highest BCUT2D eigenvalue weighted by Gasteiger charge is 2.11. The van der Waals surface area contributed by atoms with E-state index in [0.29, 0.717) is 13.0 Å². The monoisotopic (exact) mass is 295 g/mol. The molecule has 106 valence electrons. The quantitative estimate of drug-likeness (QED) is 0.876. The maximum Gasteiger partial charge on any atom is 0.238 e. The second-order valence-electron chi connectivity index (χ2n) is 4.22. The minimum absolute atomic E-state index is 0.241. The summed E-state index contributed by atoms with van der Waals surface area (Å²) in [7, 11) is -3.88. The van der Waals surface area contributed by atoms with E-state index < -0.39 is 15.8 Å². The number of rotatable bonds is 5. The number of primary sulfonamides is 1. The van der Waals surface area contributed by atoms with Crippen LogP contribution in [0.25, 0.3) is 0 Å². The van der Waals surface area contributed by atoms with E-state index in [1.54, 1.807) is 12.4 Å². The lowest BCUT2D eigenvalue weighted by atomic mass is 10.2. The standard InChI is InChI=1S/C13H14FN3O2S/c14-12-9-11(20(15,18)19)1-2-13(12)17-8-5-10-3-6-16-7-4-10/h1-4,6-7,9,17H,5,8H2,(H2,15,18,19). The Morgan fingerprint density at radius 2 is 1.90 bits per heavy atom. The Hall–Kier alpha value is -1.99. The van der Waals surface area contributed by atoms with Gasteiger partial charge in [0, 0.05) is 18.9 Å². The van der Waals surface area contributed by atoms with Crippen molar-refractivity contribution in [2.45, 2.75) is 11.3 Å². The number of benzene rings is 1. The van der Waals surface area contributed by atoms with E-state index in [4.69, 9.17) is 5.14 Å². The van der Waals surface area contributed by atoms with Crippen molar-refractivity contribution >= 4 is 15.7 Å². The number of aromatic nitrogens is 1. The Bertz CT molecular complexity index is 690. The maximum absolute atomic E-state index is 13.7. The molecule has 0 atom stereocenters. The first-order valence-corrected chi connectivity index (χ1v) is 7.46. The van der Waals surface area contributed by atoms with Gasteiger partial charge in [-0.15, -0.1) is 0 Å². The van der Waals surface area contributed by atoms with Crippen molar-refractivity contribution in [3.63, 3.8) is 0 Å². The summed E-state index contributed by atoms with van der Waals surface area (Å²) in [5, 5.41) is 7.84. The topological polar surface area (TPSA) is 85.1 Å². The largest absolute Gasteiger partial charge is 0.382 e. The molecule has 0 aliphatic carbocycles. The molecule has 1 aromatic carbocycles. The summed E-state index contributed by atoms with van der Waals surface area (Å²) in [6.07, 6.45) is 4.09. The number of halogens is 1. The molecule has 5 nitrogen and oxygen atoms in total. The number of hydrogen-bond donors (Lipinski definition) is 2. The molecule has 0 unspecified atom stereocenters. The maximum atomic E-state index is 13.7. The molecule has 0 aliphatic rings. The minimum atomic E-state index is -3.88. The number of nitrogens with two attached hydrogens (primary N) is 1. The molecule has 0 aliphatic heterocycles. The molecule has 0 saturated carbocycles. The van der Waals surface area contributed by atoms with Crippen LogP contribution < -0.4 is 10.5 Å². The lowest BCUT2D eigenvalue weighted by Gasteiger charge is -2.08. The van der Waals surface area contributed by atoms with Crippen molar-refractivity contribution in [2.75, 3.05) is 11.9 Å². The van der Waals surface area contributed by atoms with Gasteiger partial charge < -0.3 is 5.32 Å². The van der Waals surface area contributed by atoms with E-state index >= 15 is 0 Å². The molecule has 0 spiro atoms. The Labute approximate surface area is 116 Å². The average molecular weight is 295 g/mol. The molecule has 7 heteroatoms. The Balaban J connectivity index is 2.00. The van der Waals surface area contributed by atoms with Crippen molar-refractivity contribution in [1.82, 2.24) is 4.98 Å². The number of pyridine rings is 1. The zero-order chi connectivity index (χ0) is 14.6. The number of nitrogens with zero attached hydrogens (tertiary/aromatic N) is 1. The van der Waals surface area contributed by atoms with Crippen molar-refractivity contribution in [2.24, 2.45) is 5.14 Å². The predicted molar refractivity (Wildman–Crippen MR) is 74.2 cm³/mol. The first kappa shape index (κ1) is 14.4. The van der Waals surface area contributed by atoms with Crippen molar-refractivity contribution in [1.29, 1.82) is 0 Å². The summed E-state index contributed by atoms with van der Waals surface area (Å²) >= 11 is 0. The second-order valence-corrected chi connectivity index (χ2v) is 5.78. The van der Waals surface area contributed by atoms with Crippen LogP contribution in [0.15, 0.2) is 47.6 Å². The third-order valence-electron chi connectivity index (χ3n) is 2.75. The fourth-order valence-electron chi connectivity index (χ4n) is 1.71. The zero-order valence-electron chi connectivity index (χ0n) is 10.6. The van der Waals surface area contributed by atoms with E-state index in [2.05, 4.69) is 10.3 Å². The van der Waals surface area contributed by atoms with Crippen LogP contribution in [-0.2, 0) is 16.4 Å². The number of anilines is 1. The number of sulfonamides is 1. The highest BCUT2D eigenvalue weighted by atomic mass is 32.2. The fraction of sp³-hybridized carbons (Fsp3) is 0.154. The molecule has 0 radical (unpaired) electrons. The molecule has 0 saturated heterocycles. The predicted octanol–water partition coefficient (Wildman–Crippen LogP) is 1.52. The van der Waals surface area contributed by atoms with Gasteiger partial charge in [0.2, 0.25) is 10.0 Å². The van der Waals surface area contributed by atoms with E-state index in [0.717, 1.165) is 11.6 Å². The Morgan fingerprint density at radius 3 is 2.50 bits per heavy atom. The van der Waals surface area contributed by atoms with Gasteiger partial charge in [-0.3, -0.25) is 4.98 Å². The number of nitrogens with one attached hydrogen (secondary N) is 1. The third-order valence-corrected chi connectivity index (χ3v) is 3.66. The summed E-state index contributed by atoms with van der Waals surface area (Å²) in [4.78, 5) is 3.67. The van der Waals surface area contributed by atoms with Gasteiger partial charge in [-0.1, -0.05) is 0 Å². The molecule has 2 aromatic rings. The smallest absolute Gasteiger partial charge is 0.238 e. The molecule has 0 amide bonds. The summed E-state index contributed by atoms with van der Waals surface area (Å²) in [6.45, 7) is 0.523. The van der Waals surface area contributed by atoms with E-state index in [9.17, 15) is 12.8 Å². The van der Waals surface area contributed by atoms with Crippen LogP contribution in [0.5, 0.6) is 0 Å². The van der Waals surface area contributed by atoms with E-state index in [-0.39, 0.29) is 10.6 Å². The first-order valence-electron chi connectivity index (χ1n) is 5.92. The van der Waals surface area contributed by atoms with Crippen molar-refractivity contribution in [3.8, 4) is 0 Å². The van der Waals surface area contributed by atoms with Crippen molar-refractivity contribution < 1.29 is 12.8 Å².